The van der Waals surface area contributed by atoms with Crippen LogP contribution in [0.25, 0.3) is 6.08 Å². The highest BCUT2D eigenvalue weighted by molar-refractivity contribution is 5.60. The van der Waals surface area contributed by atoms with Gasteiger partial charge in [0.15, 0.2) is 0 Å². The molecule has 1 nitrogen and oxygen atoms in total. The average molecular weight is 236 g/mol. The fraction of sp³-hybridized carbons (Fsp3) is 0.176. The SMILES string of the molecule is Cc1ccccc1[C@@H]1C=Cc2ccccc2[C@@H]1O. The Kier molecular flexibility index (Phi) is 2.77. The topological polar surface area (TPSA) is 20.2 Å². The average Bonchev–Trinajstić information content (AvgIpc) is 2.41. The molecule has 1 N–H and O–H groups in total. The molecule has 0 unspecified atom stereocenters. The maximum atomic E-state index is 10.5. The third-order valence-electron chi connectivity index (χ3n) is 3.69. The van der Waals surface area contributed by atoms with Crippen molar-refractivity contribution in [3.63, 3.8) is 0 Å². The minimum absolute atomic E-state index is 0.0566. The number of hydrogen-bond acceptors (Lipinski definition) is 1. The summed E-state index contributed by atoms with van der Waals surface area (Å²) in [5.41, 5.74) is 4.57. The predicted molar refractivity (Wildman–Crippen MR) is 74.4 cm³/mol. The zero-order chi connectivity index (χ0) is 12.5. The van der Waals surface area contributed by atoms with Gasteiger partial charge in [-0.05, 0) is 29.2 Å². The fourth-order valence-electron chi connectivity index (χ4n) is 2.67. The first kappa shape index (κ1) is 11.2. The number of hydrogen-bond donors (Lipinski definition) is 1. The van der Waals surface area contributed by atoms with E-state index in [9.17, 15) is 5.11 Å². The van der Waals surface area contributed by atoms with Crippen molar-refractivity contribution in [2.75, 3.05) is 0 Å². The van der Waals surface area contributed by atoms with Gasteiger partial charge in [0, 0.05) is 5.92 Å². The number of aliphatic hydroxyl groups is 1. The first-order valence-corrected chi connectivity index (χ1v) is 6.28. The Morgan fingerprint density at radius 3 is 2.33 bits per heavy atom. The van der Waals surface area contributed by atoms with Gasteiger partial charge in [-0.25, -0.2) is 0 Å². The smallest absolute Gasteiger partial charge is 0.0899 e. The van der Waals surface area contributed by atoms with Gasteiger partial charge in [-0.1, -0.05) is 60.7 Å². The number of aryl methyl sites for hydroxylation is 1. The molecule has 0 saturated carbocycles. The molecule has 0 saturated heterocycles. The van der Waals surface area contributed by atoms with Gasteiger partial charge in [-0.3, -0.25) is 0 Å². The van der Waals surface area contributed by atoms with Gasteiger partial charge in [-0.15, -0.1) is 0 Å². The first-order chi connectivity index (χ1) is 8.77. The van der Waals surface area contributed by atoms with Crippen molar-refractivity contribution in [1.29, 1.82) is 0 Å². The van der Waals surface area contributed by atoms with Crippen molar-refractivity contribution in [3.8, 4) is 0 Å². The lowest BCUT2D eigenvalue weighted by atomic mass is 9.81. The molecule has 0 heterocycles. The highest BCUT2D eigenvalue weighted by Crippen LogP contribution is 2.39. The van der Waals surface area contributed by atoms with Crippen LogP contribution >= 0.6 is 0 Å². The summed E-state index contributed by atoms with van der Waals surface area (Å²) in [6, 6.07) is 16.3. The molecule has 0 spiro atoms. The van der Waals surface area contributed by atoms with Gasteiger partial charge >= 0.3 is 0 Å². The van der Waals surface area contributed by atoms with Crippen LogP contribution in [0.3, 0.4) is 0 Å². The molecule has 0 amide bonds. The molecule has 0 fully saturated rings. The molecule has 0 bridgehead atoms. The van der Waals surface area contributed by atoms with Gasteiger partial charge < -0.3 is 5.11 Å². The molecular formula is C17H16O. The zero-order valence-corrected chi connectivity index (χ0v) is 10.4. The van der Waals surface area contributed by atoms with Crippen LogP contribution in [-0.2, 0) is 0 Å². The van der Waals surface area contributed by atoms with Gasteiger partial charge in [0.25, 0.3) is 0 Å². The van der Waals surface area contributed by atoms with Gasteiger partial charge in [0.05, 0.1) is 6.10 Å². The van der Waals surface area contributed by atoms with E-state index in [0.29, 0.717) is 0 Å². The molecule has 1 aliphatic carbocycles. The summed E-state index contributed by atoms with van der Waals surface area (Å²) in [5, 5.41) is 10.5. The molecule has 90 valence electrons. The van der Waals surface area contributed by atoms with Crippen LogP contribution in [0.5, 0.6) is 0 Å². The summed E-state index contributed by atoms with van der Waals surface area (Å²) in [6.07, 6.45) is 3.77. The van der Waals surface area contributed by atoms with Crippen LogP contribution in [0.2, 0.25) is 0 Å². The summed E-state index contributed by atoms with van der Waals surface area (Å²) < 4.78 is 0. The maximum Gasteiger partial charge on any atom is 0.0899 e. The number of rotatable bonds is 1. The monoisotopic (exact) mass is 236 g/mol. The minimum Gasteiger partial charge on any atom is -0.387 e. The van der Waals surface area contributed by atoms with Gasteiger partial charge in [0.2, 0.25) is 0 Å². The van der Waals surface area contributed by atoms with E-state index in [-0.39, 0.29) is 5.92 Å². The highest BCUT2D eigenvalue weighted by Gasteiger charge is 2.25. The second kappa shape index (κ2) is 4.43. The Bertz CT molecular complexity index is 598. The van der Waals surface area contributed by atoms with Crippen molar-refractivity contribution in [2.24, 2.45) is 0 Å². The Balaban J connectivity index is 2.06. The Labute approximate surface area is 107 Å². The molecule has 0 radical (unpaired) electrons. The molecule has 1 heteroatoms. The van der Waals surface area contributed by atoms with E-state index in [2.05, 4.69) is 31.2 Å². The third-order valence-corrected chi connectivity index (χ3v) is 3.69. The van der Waals surface area contributed by atoms with E-state index >= 15 is 0 Å². The molecule has 2 aromatic rings. The lowest BCUT2D eigenvalue weighted by Crippen LogP contribution is -2.14. The number of aliphatic hydroxyl groups excluding tert-OH is 1. The van der Waals surface area contributed by atoms with E-state index in [1.165, 1.54) is 11.1 Å². The minimum atomic E-state index is -0.452. The number of fused-ring (bicyclic) bond motifs is 1. The second-order valence-electron chi connectivity index (χ2n) is 4.82. The van der Waals surface area contributed by atoms with Crippen molar-refractivity contribution >= 4 is 6.08 Å². The van der Waals surface area contributed by atoms with Crippen LogP contribution in [0, 0.1) is 6.92 Å². The van der Waals surface area contributed by atoms with Crippen LogP contribution in [0.4, 0.5) is 0 Å². The summed E-state index contributed by atoms with van der Waals surface area (Å²) in [7, 11) is 0. The number of benzene rings is 2. The Morgan fingerprint density at radius 2 is 1.56 bits per heavy atom. The Hall–Kier alpha value is -1.86. The van der Waals surface area contributed by atoms with Crippen LogP contribution in [-0.4, -0.2) is 5.11 Å². The highest BCUT2D eigenvalue weighted by atomic mass is 16.3. The molecule has 0 aromatic heterocycles. The standard InChI is InChI=1S/C17H16O/c1-12-6-2-4-8-14(12)16-11-10-13-7-3-5-9-15(13)17(16)18/h2-11,16-18H,1H3/t16-,17-/m0/s1. The lowest BCUT2D eigenvalue weighted by Gasteiger charge is -2.27. The van der Waals surface area contributed by atoms with Crippen molar-refractivity contribution in [1.82, 2.24) is 0 Å². The van der Waals surface area contributed by atoms with E-state index < -0.39 is 6.10 Å². The largest absolute Gasteiger partial charge is 0.387 e. The van der Waals surface area contributed by atoms with E-state index in [4.69, 9.17) is 0 Å². The van der Waals surface area contributed by atoms with Crippen molar-refractivity contribution < 1.29 is 5.11 Å². The summed E-state index contributed by atoms with van der Waals surface area (Å²) >= 11 is 0. The van der Waals surface area contributed by atoms with Crippen molar-refractivity contribution in [3.05, 3.63) is 76.9 Å². The van der Waals surface area contributed by atoms with E-state index in [1.54, 1.807) is 0 Å². The predicted octanol–water partition coefficient (Wildman–Crippen LogP) is 3.84. The quantitative estimate of drug-likeness (QED) is 0.797. The molecule has 2 aromatic carbocycles. The van der Waals surface area contributed by atoms with Crippen LogP contribution < -0.4 is 0 Å². The van der Waals surface area contributed by atoms with Gasteiger partial charge in [0.1, 0.15) is 0 Å². The van der Waals surface area contributed by atoms with Gasteiger partial charge in [-0.2, -0.15) is 0 Å². The Morgan fingerprint density at radius 1 is 0.889 bits per heavy atom. The van der Waals surface area contributed by atoms with E-state index in [0.717, 1.165) is 11.1 Å². The van der Waals surface area contributed by atoms with Crippen LogP contribution in [0.15, 0.2) is 54.6 Å². The lowest BCUT2D eigenvalue weighted by molar-refractivity contribution is 0.160. The summed E-state index contributed by atoms with van der Waals surface area (Å²) in [6.45, 7) is 2.09. The van der Waals surface area contributed by atoms with Crippen LogP contribution in [0.1, 0.15) is 34.3 Å². The molecule has 1 aliphatic rings. The summed E-state index contributed by atoms with van der Waals surface area (Å²) in [4.78, 5) is 0. The molecule has 18 heavy (non-hydrogen) atoms. The first-order valence-electron chi connectivity index (χ1n) is 6.28. The normalized spacial score (nSPS) is 21.7. The van der Waals surface area contributed by atoms with Crippen molar-refractivity contribution in [2.45, 2.75) is 18.9 Å². The molecule has 3 rings (SSSR count). The molecule has 2 atom stereocenters. The third kappa shape index (κ3) is 1.77. The molecular weight excluding hydrogens is 220 g/mol. The second-order valence-corrected chi connectivity index (χ2v) is 4.82. The summed E-state index contributed by atoms with van der Waals surface area (Å²) in [5.74, 6) is 0.0566. The maximum absolute atomic E-state index is 10.5. The van der Waals surface area contributed by atoms with E-state index in [1.807, 2.05) is 36.4 Å². The molecule has 0 aliphatic heterocycles. The zero-order valence-electron chi connectivity index (χ0n) is 10.4. The fourth-order valence-corrected chi connectivity index (χ4v) is 2.67.